The highest BCUT2D eigenvalue weighted by atomic mass is 35.5. The number of anilines is 1. The van der Waals surface area contributed by atoms with E-state index in [4.69, 9.17) is 11.6 Å². The second-order valence-electron chi connectivity index (χ2n) is 4.67. The number of amides is 1. The summed E-state index contributed by atoms with van der Waals surface area (Å²) in [6, 6.07) is 13.2. The summed E-state index contributed by atoms with van der Waals surface area (Å²) >= 11 is 6.15. The fourth-order valence-electron chi connectivity index (χ4n) is 2.26. The molecule has 0 aliphatic heterocycles. The quantitative estimate of drug-likeness (QED) is 0.929. The minimum Gasteiger partial charge on any atom is -0.310 e. The first-order valence-corrected chi connectivity index (χ1v) is 6.60. The molecule has 1 heterocycles. The normalized spacial score (nSPS) is 20.9. The summed E-state index contributed by atoms with van der Waals surface area (Å²) in [7, 11) is 0. The van der Waals surface area contributed by atoms with Crippen LogP contribution < -0.4 is 5.32 Å². The lowest BCUT2D eigenvalue weighted by atomic mass is 10.1. The summed E-state index contributed by atoms with van der Waals surface area (Å²) < 4.78 is 0. The van der Waals surface area contributed by atoms with Crippen LogP contribution in [0.2, 0.25) is 5.02 Å². The molecule has 1 fully saturated rings. The summed E-state index contributed by atoms with van der Waals surface area (Å²) in [6.07, 6.45) is 2.51. The van der Waals surface area contributed by atoms with Crippen LogP contribution in [-0.2, 0) is 4.79 Å². The van der Waals surface area contributed by atoms with Gasteiger partial charge in [0.25, 0.3) is 0 Å². The van der Waals surface area contributed by atoms with Gasteiger partial charge in [0.15, 0.2) is 0 Å². The zero-order valence-corrected chi connectivity index (χ0v) is 11.0. The van der Waals surface area contributed by atoms with Crippen molar-refractivity contribution in [3.8, 4) is 0 Å². The van der Waals surface area contributed by atoms with Gasteiger partial charge in [0.05, 0.1) is 0 Å². The first kappa shape index (κ1) is 12.2. The third-order valence-electron chi connectivity index (χ3n) is 3.35. The van der Waals surface area contributed by atoms with Crippen LogP contribution in [0.3, 0.4) is 0 Å². The van der Waals surface area contributed by atoms with E-state index in [2.05, 4.69) is 10.3 Å². The van der Waals surface area contributed by atoms with E-state index in [1.54, 1.807) is 12.3 Å². The molecular formula is C15H13ClN2O. The van der Waals surface area contributed by atoms with Crippen LogP contribution >= 0.6 is 11.6 Å². The molecule has 1 aliphatic carbocycles. The Hall–Kier alpha value is -1.87. The molecule has 2 atom stereocenters. The number of carbonyl (C=O) groups is 1. The molecule has 4 heteroatoms. The SMILES string of the molecule is O=C(Nc1ccccn1)C1CC1c1ccccc1Cl. The number of hydrogen-bond donors (Lipinski definition) is 1. The fraction of sp³-hybridized carbons (Fsp3) is 0.200. The Morgan fingerprint density at radius 3 is 2.74 bits per heavy atom. The third kappa shape index (κ3) is 2.61. The van der Waals surface area contributed by atoms with Gasteiger partial charge in [-0.25, -0.2) is 4.98 Å². The van der Waals surface area contributed by atoms with Gasteiger partial charge >= 0.3 is 0 Å². The van der Waals surface area contributed by atoms with E-state index in [0.29, 0.717) is 5.82 Å². The van der Waals surface area contributed by atoms with Crippen molar-refractivity contribution < 1.29 is 4.79 Å². The van der Waals surface area contributed by atoms with Crippen molar-refractivity contribution in [1.29, 1.82) is 0 Å². The predicted octanol–water partition coefficient (Wildman–Crippen LogP) is 3.48. The van der Waals surface area contributed by atoms with Crippen LogP contribution in [0, 0.1) is 5.92 Å². The Balaban J connectivity index is 1.67. The van der Waals surface area contributed by atoms with Gasteiger partial charge < -0.3 is 5.32 Å². The van der Waals surface area contributed by atoms with Crippen LogP contribution in [0.5, 0.6) is 0 Å². The monoisotopic (exact) mass is 272 g/mol. The second kappa shape index (κ2) is 5.02. The molecule has 1 saturated carbocycles. The molecule has 1 amide bonds. The first-order chi connectivity index (χ1) is 9.25. The summed E-state index contributed by atoms with van der Waals surface area (Å²) in [4.78, 5) is 16.2. The molecular weight excluding hydrogens is 260 g/mol. The van der Waals surface area contributed by atoms with Gasteiger partial charge in [-0.05, 0) is 36.1 Å². The summed E-state index contributed by atoms with van der Waals surface area (Å²) in [5.74, 6) is 0.847. The number of carbonyl (C=O) groups excluding carboxylic acids is 1. The van der Waals surface area contributed by atoms with E-state index in [0.717, 1.165) is 17.0 Å². The number of halogens is 1. The average molecular weight is 273 g/mol. The maximum atomic E-state index is 12.1. The zero-order valence-electron chi connectivity index (χ0n) is 10.2. The molecule has 1 aromatic heterocycles. The maximum Gasteiger partial charge on any atom is 0.229 e. The van der Waals surface area contributed by atoms with Gasteiger partial charge in [-0.15, -0.1) is 0 Å². The number of nitrogens with zero attached hydrogens (tertiary/aromatic N) is 1. The Morgan fingerprint density at radius 2 is 2.00 bits per heavy atom. The summed E-state index contributed by atoms with van der Waals surface area (Å²) in [5.41, 5.74) is 1.06. The van der Waals surface area contributed by atoms with E-state index >= 15 is 0 Å². The molecule has 3 nitrogen and oxygen atoms in total. The topological polar surface area (TPSA) is 42.0 Å². The Bertz CT molecular complexity index is 600. The van der Waals surface area contributed by atoms with Crippen molar-refractivity contribution in [2.45, 2.75) is 12.3 Å². The lowest BCUT2D eigenvalue weighted by Crippen LogP contribution is -2.15. The van der Waals surface area contributed by atoms with Gasteiger partial charge in [-0.2, -0.15) is 0 Å². The van der Waals surface area contributed by atoms with Crippen molar-refractivity contribution in [1.82, 2.24) is 4.98 Å². The van der Waals surface area contributed by atoms with E-state index in [9.17, 15) is 4.79 Å². The minimum atomic E-state index is 0.00176. The molecule has 1 aliphatic rings. The maximum absolute atomic E-state index is 12.1. The summed E-state index contributed by atoms with van der Waals surface area (Å²) in [6.45, 7) is 0. The molecule has 1 aromatic carbocycles. The molecule has 19 heavy (non-hydrogen) atoms. The number of hydrogen-bond acceptors (Lipinski definition) is 2. The van der Waals surface area contributed by atoms with Crippen LogP contribution in [0.15, 0.2) is 48.7 Å². The number of nitrogens with one attached hydrogen (secondary N) is 1. The van der Waals surface area contributed by atoms with Crippen LogP contribution in [0.4, 0.5) is 5.82 Å². The van der Waals surface area contributed by atoms with Crippen LogP contribution in [0.25, 0.3) is 0 Å². The van der Waals surface area contributed by atoms with E-state index < -0.39 is 0 Å². The smallest absolute Gasteiger partial charge is 0.229 e. The van der Waals surface area contributed by atoms with Crippen LogP contribution in [-0.4, -0.2) is 10.9 Å². The van der Waals surface area contributed by atoms with E-state index in [-0.39, 0.29) is 17.7 Å². The average Bonchev–Trinajstić information content (AvgIpc) is 3.21. The van der Waals surface area contributed by atoms with E-state index in [1.165, 1.54) is 0 Å². The fourth-order valence-corrected chi connectivity index (χ4v) is 2.54. The lowest BCUT2D eigenvalue weighted by molar-refractivity contribution is -0.117. The molecule has 0 radical (unpaired) electrons. The van der Waals surface area contributed by atoms with Gasteiger partial charge in [-0.1, -0.05) is 35.9 Å². The van der Waals surface area contributed by atoms with Crippen molar-refractivity contribution >= 4 is 23.3 Å². The van der Waals surface area contributed by atoms with Gasteiger partial charge in [0.1, 0.15) is 5.82 Å². The molecule has 0 spiro atoms. The van der Waals surface area contributed by atoms with Crippen molar-refractivity contribution in [3.63, 3.8) is 0 Å². The molecule has 0 saturated heterocycles. The Labute approximate surface area is 116 Å². The molecule has 2 unspecified atom stereocenters. The molecule has 1 N–H and O–H groups in total. The largest absolute Gasteiger partial charge is 0.310 e. The zero-order chi connectivity index (χ0) is 13.2. The molecule has 3 rings (SSSR count). The third-order valence-corrected chi connectivity index (χ3v) is 3.69. The highest BCUT2D eigenvalue weighted by Crippen LogP contribution is 2.49. The Kier molecular flexibility index (Phi) is 3.22. The molecule has 2 aromatic rings. The van der Waals surface area contributed by atoms with Gasteiger partial charge in [0.2, 0.25) is 5.91 Å². The Morgan fingerprint density at radius 1 is 1.21 bits per heavy atom. The van der Waals surface area contributed by atoms with Crippen molar-refractivity contribution in [2.75, 3.05) is 5.32 Å². The number of aromatic nitrogens is 1. The van der Waals surface area contributed by atoms with Gasteiger partial charge in [0, 0.05) is 17.1 Å². The predicted molar refractivity (Wildman–Crippen MR) is 75.2 cm³/mol. The molecule has 0 bridgehead atoms. The van der Waals surface area contributed by atoms with Gasteiger partial charge in [-0.3, -0.25) is 4.79 Å². The van der Waals surface area contributed by atoms with Crippen molar-refractivity contribution in [2.24, 2.45) is 5.92 Å². The number of rotatable bonds is 3. The number of benzene rings is 1. The lowest BCUT2D eigenvalue weighted by Gasteiger charge is -2.04. The van der Waals surface area contributed by atoms with E-state index in [1.807, 2.05) is 36.4 Å². The second-order valence-corrected chi connectivity index (χ2v) is 5.08. The minimum absolute atomic E-state index is 0.00176. The summed E-state index contributed by atoms with van der Waals surface area (Å²) in [5, 5.41) is 3.57. The van der Waals surface area contributed by atoms with Crippen LogP contribution in [0.1, 0.15) is 17.9 Å². The molecule has 96 valence electrons. The first-order valence-electron chi connectivity index (χ1n) is 6.22. The highest BCUT2D eigenvalue weighted by molar-refractivity contribution is 6.31. The highest BCUT2D eigenvalue weighted by Gasteiger charge is 2.44. The number of pyridine rings is 1. The van der Waals surface area contributed by atoms with Crippen molar-refractivity contribution in [3.05, 3.63) is 59.2 Å². The standard InChI is InChI=1S/C15H13ClN2O/c16-13-6-2-1-5-10(13)11-9-12(11)15(19)18-14-7-3-4-8-17-14/h1-8,11-12H,9H2,(H,17,18,19).